The summed E-state index contributed by atoms with van der Waals surface area (Å²) in [4.78, 5) is 27.5. The highest BCUT2D eigenvalue weighted by molar-refractivity contribution is 5.81. The Hall–Kier alpha value is -2.54. The number of anilines is 1. The minimum atomic E-state index is -0.356. The van der Waals surface area contributed by atoms with Gasteiger partial charge in [-0.15, -0.1) is 0 Å². The van der Waals surface area contributed by atoms with Crippen LogP contribution in [0.15, 0.2) is 42.9 Å². The molecule has 0 aromatic carbocycles. The van der Waals surface area contributed by atoms with E-state index in [0.717, 1.165) is 44.0 Å². The zero-order valence-corrected chi connectivity index (χ0v) is 14.6. The molecule has 2 aromatic heterocycles. The minimum Gasteiger partial charge on any atom is -0.363 e. The summed E-state index contributed by atoms with van der Waals surface area (Å²) in [5, 5.41) is 2.98. The van der Waals surface area contributed by atoms with Gasteiger partial charge in [-0.2, -0.15) is 0 Å². The Balaban J connectivity index is 1.27. The van der Waals surface area contributed by atoms with Crippen LogP contribution in [0.4, 0.5) is 5.95 Å². The van der Waals surface area contributed by atoms with E-state index in [4.69, 9.17) is 4.74 Å². The Kier molecular flexibility index (Phi) is 5.06. The van der Waals surface area contributed by atoms with Gasteiger partial charge in [-0.1, -0.05) is 6.07 Å². The largest absolute Gasteiger partial charge is 0.363 e. The first-order valence-electron chi connectivity index (χ1n) is 9.14. The average molecular weight is 353 g/mol. The van der Waals surface area contributed by atoms with E-state index < -0.39 is 0 Å². The SMILES string of the molecule is O=C(NCCc1ccccn1)[C@@H]1C[C@H]2CCN(c3ncccn3)C[C@@H]2O1. The summed E-state index contributed by atoms with van der Waals surface area (Å²) < 4.78 is 6.06. The van der Waals surface area contributed by atoms with E-state index in [1.165, 1.54) is 0 Å². The van der Waals surface area contributed by atoms with E-state index in [-0.39, 0.29) is 18.1 Å². The number of pyridine rings is 1. The number of piperidine rings is 1. The smallest absolute Gasteiger partial charge is 0.249 e. The van der Waals surface area contributed by atoms with Crippen molar-refractivity contribution in [1.82, 2.24) is 20.3 Å². The van der Waals surface area contributed by atoms with Crippen molar-refractivity contribution >= 4 is 11.9 Å². The molecule has 2 saturated heterocycles. The second-order valence-corrected chi connectivity index (χ2v) is 6.80. The monoisotopic (exact) mass is 353 g/mol. The highest BCUT2D eigenvalue weighted by Crippen LogP contribution is 2.34. The number of rotatable bonds is 5. The number of amides is 1. The molecule has 0 spiro atoms. The Morgan fingerprint density at radius 3 is 2.85 bits per heavy atom. The first-order valence-corrected chi connectivity index (χ1v) is 9.14. The lowest BCUT2D eigenvalue weighted by molar-refractivity contribution is -0.131. The van der Waals surface area contributed by atoms with Crippen molar-refractivity contribution in [3.05, 3.63) is 48.5 Å². The summed E-state index contributed by atoms with van der Waals surface area (Å²) in [5.41, 5.74) is 0.979. The Morgan fingerprint density at radius 1 is 1.19 bits per heavy atom. The fraction of sp³-hybridized carbons (Fsp3) is 0.474. The van der Waals surface area contributed by atoms with Crippen LogP contribution in [0.3, 0.4) is 0 Å². The number of fused-ring (bicyclic) bond motifs is 1. The molecule has 1 amide bonds. The average Bonchev–Trinajstić information content (AvgIpc) is 3.13. The molecule has 136 valence electrons. The zero-order valence-electron chi connectivity index (χ0n) is 14.6. The van der Waals surface area contributed by atoms with Gasteiger partial charge in [0.15, 0.2) is 0 Å². The summed E-state index contributed by atoms with van der Waals surface area (Å²) in [5.74, 6) is 1.15. The third-order valence-electron chi connectivity index (χ3n) is 5.09. The van der Waals surface area contributed by atoms with Gasteiger partial charge >= 0.3 is 0 Å². The van der Waals surface area contributed by atoms with E-state index in [1.807, 2.05) is 24.3 Å². The molecular weight excluding hydrogens is 330 g/mol. The molecule has 0 saturated carbocycles. The summed E-state index contributed by atoms with van der Waals surface area (Å²) >= 11 is 0. The normalized spacial score (nSPS) is 24.9. The first kappa shape index (κ1) is 16.9. The fourth-order valence-electron chi connectivity index (χ4n) is 3.71. The van der Waals surface area contributed by atoms with E-state index in [0.29, 0.717) is 12.5 Å². The molecule has 0 unspecified atom stereocenters. The molecule has 3 atom stereocenters. The van der Waals surface area contributed by atoms with Crippen LogP contribution in [0, 0.1) is 5.92 Å². The molecule has 7 nitrogen and oxygen atoms in total. The highest BCUT2D eigenvalue weighted by Gasteiger charge is 2.42. The lowest BCUT2D eigenvalue weighted by atomic mass is 9.92. The third kappa shape index (κ3) is 3.83. The molecule has 1 N–H and O–H groups in total. The summed E-state index contributed by atoms with van der Waals surface area (Å²) in [6, 6.07) is 7.62. The Morgan fingerprint density at radius 2 is 2.04 bits per heavy atom. The molecular formula is C19H23N5O2. The number of carbonyl (C=O) groups is 1. The van der Waals surface area contributed by atoms with Gasteiger partial charge in [0, 0.05) is 50.3 Å². The quantitative estimate of drug-likeness (QED) is 0.870. The molecule has 2 aliphatic rings. The van der Waals surface area contributed by atoms with E-state index in [1.54, 1.807) is 18.6 Å². The molecule has 4 rings (SSSR count). The van der Waals surface area contributed by atoms with Gasteiger partial charge in [-0.25, -0.2) is 9.97 Å². The van der Waals surface area contributed by atoms with Crippen molar-refractivity contribution in [2.45, 2.75) is 31.5 Å². The van der Waals surface area contributed by atoms with Gasteiger partial charge in [0.2, 0.25) is 11.9 Å². The predicted molar refractivity (Wildman–Crippen MR) is 96.6 cm³/mol. The van der Waals surface area contributed by atoms with Crippen molar-refractivity contribution in [3.8, 4) is 0 Å². The molecule has 0 aliphatic carbocycles. The van der Waals surface area contributed by atoms with Crippen LogP contribution < -0.4 is 10.2 Å². The van der Waals surface area contributed by atoms with Crippen molar-refractivity contribution in [2.24, 2.45) is 5.92 Å². The van der Waals surface area contributed by atoms with Crippen molar-refractivity contribution in [2.75, 3.05) is 24.5 Å². The number of hydrogen-bond donors (Lipinski definition) is 1. The molecule has 2 fully saturated rings. The van der Waals surface area contributed by atoms with Crippen LogP contribution in [-0.2, 0) is 16.0 Å². The van der Waals surface area contributed by atoms with Crippen LogP contribution >= 0.6 is 0 Å². The van der Waals surface area contributed by atoms with Crippen molar-refractivity contribution < 1.29 is 9.53 Å². The van der Waals surface area contributed by atoms with Gasteiger partial charge in [0.05, 0.1) is 6.10 Å². The number of nitrogens with one attached hydrogen (secondary N) is 1. The van der Waals surface area contributed by atoms with E-state index in [2.05, 4.69) is 25.2 Å². The Bertz CT molecular complexity index is 727. The second kappa shape index (κ2) is 7.78. The van der Waals surface area contributed by atoms with Crippen LogP contribution in [0.25, 0.3) is 0 Å². The number of ether oxygens (including phenoxy) is 1. The van der Waals surface area contributed by atoms with Gasteiger partial charge in [-0.3, -0.25) is 9.78 Å². The van der Waals surface area contributed by atoms with Crippen molar-refractivity contribution in [1.29, 1.82) is 0 Å². The molecule has 26 heavy (non-hydrogen) atoms. The van der Waals surface area contributed by atoms with Gasteiger partial charge in [0.1, 0.15) is 6.10 Å². The molecule has 0 bridgehead atoms. The maximum Gasteiger partial charge on any atom is 0.249 e. The van der Waals surface area contributed by atoms with Crippen LogP contribution in [0.1, 0.15) is 18.5 Å². The van der Waals surface area contributed by atoms with Gasteiger partial charge < -0.3 is 15.0 Å². The number of hydrogen-bond acceptors (Lipinski definition) is 6. The molecule has 7 heteroatoms. The Labute approximate surface area is 152 Å². The standard InChI is InChI=1S/C19H23N5O2/c25-18(21-10-5-15-4-1-2-7-20-15)16-12-14-6-11-24(13-17(14)26-16)19-22-8-3-9-23-19/h1-4,7-9,14,16-17H,5-6,10-13H2,(H,21,25)/t14-,16+,17+/m1/s1. The maximum absolute atomic E-state index is 12.4. The van der Waals surface area contributed by atoms with E-state index in [9.17, 15) is 4.79 Å². The maximum atomic E-state index is 12.4. The summed E-state index contributed by atoms with van der Waals surface area (Å²) in [6.07, 6.45) is 7.51. The fourth-order valence-corrected chi connectivity index (χ4v) is 3.71. The highest BCUT2D eigenvalue weighted by atomic mass is 16.5. The zero-order chi connectivity index (χ0) is 17.8. The number of aromatic nitrogens is 3. The number of nitrogens with zero attached hydrogens (tertiary/aromatic N) is 4. The predicted octanol–water partition coefficient (Wildman–Crippen LogP) is 1.21. The molecule has 4 heterocycles. The van der Waals surface area contributed by atoms with Crippen molar-refractivity contribution in [3.63, 3.8) is 0 Å². The molecule has 2 aromatic rings. The topological polar surface area (TPSA) is 80.2 Å². The van der Waals surface area contributed by atoms with Crippen LogP contribution in [0.2, 0.25) is 0 Å². The van der Waals surface area contributed by atoms with Crippen LogP contribution in [0.5, 0.6) is 0 Å². The minimum absolute atomic E-state index is 0.0159. The van der Waals surface area contributed by atoms with E-state index >= 15 is 0 Å². The number of carbonyl (C=O) groups excluding carboxylic acids is 1. The molecule has 2 aliphatic heterocycles. The first-order chi connectivity index (χ1) is 12.8. The lowest BCUT2D eigenvalue weighted by Crippen LogP contribution is -2.43. The lowest BCUT2D eigenvalue weighted by Gasteiger charge is -2.33. The van der Waals surface area contributed by atoms with Crippen LogP contribution in [-0.4, -0.2) is 52.7 Å². The summed E-state index contributed by atoms with van der Waals surface area (Å²) in [6.45, 7) is 2.23. The third-order valence-corrected chi connectivity index (χ3v) is 5.09. The second-order valence-electron chi connectivity index (χ2n) is 6.80. The van der Waals surface area contributed by atoms with Gasteiger partial charge in [-0.05, 0) is 37.0 Å². The summed E-state index contributed by atoms with van der Waals surface area (Å²) in [7, 11) is 0. The molecule has 0 radical (unpaired) electrons. The van der Waals surface area contributed by atoms with Gasteiger partial charge in [0.25, 0.3) is 0 Å².